The molecule has 0 saturated carbocycles. The fourth-order valence-electron chi connectivity index (χ4n) is 0.837. The third-order valence-corrected chi connectivity index (χ3v) is 1.82. The van der Waals surface area contributed by atoms with Crippen molar-refractivity contribution in [1.29, 1.82) is 0 Å². The average molecular weight is 251 g/mol. The Labute approximate surface area is 93.2 Å². The molecular formula is C9H4ClF3NO2. The molecule has 0 atom stereocenters. The molecule has 0 aromatic carbocycles. The summed E-state index contributed by atoms with van der Waals surface area (Å²) in [5, 5.41) is 0.0543. The largest absolute Gasteiger partial charge is 0.450 e. The van der Waals surface area contributed by atoms with Crippen LogP contribution in [-0.4, -0.2) is 22.7 Å². The van der Waals surface area contributed by atoms with E-state index in [2.05, 4.69) is 11.2 Å². The standard InChI is InChI=1S/C9H4ClF3NO2/c10-8-2-1-5(4-14-8)6(15)3-7(16)9(11,12)13/h1-2H,3H2. The lowest BCUT2D eigenvalue weighted by atomic mass is 10.1. The van der Waals surface area contributed by atoms with E-state index in [0.717, 1.165) is 6.07 Å². The molecular weight excluding hydrogens is 247 g/mol. The van der Waals surface area contributed by atoms with Crippen molar-refractivity contribution >= 4 is 23.2 Å². The maximum Gasteiger partial charge on any atom is 0.450 e. The molecule has 1 aromatic heterocycles. The topological polar surface area (TPSA) is 47.0 Å². The van der Waals surface area contributed by atoms with E-state index in [9.17, 15) is 22.8 Å². The van der Waals surface area contributed by atoms with E-state index in [1.54, 1.807) is 0 Å². The Morgan fingerprint density at radius 3 is 2.44 bits per heavy atom. The van der Waals surface area contributed by atoms with Gasteiger partial charge in [0.05, 0.1) is 6.42 Å². The van der Waals surface area contributed by atoms with E-state index in [4.69, 9.17) is 11.6 Å². The highest BCUT2D eigenvalue weighted by Crippen LogP contribution is 2.19. The number of rotatable bonds is 3. The van der Waals surface area contributed by atoms with Crippen LogP contribution in [0.4, 0.5) is 13.2 Å². The van der Waals surface area contributed by atoms with Gasteiger partial charge in [0.2, 0.25) is 5.78 Å². The number of alkyl halides is 3. The second kappa shape index (κ2) is 4.61. The van der Waals surface area contributed by atoms with Crippen molar-refractivity contribution in [1.82, 2.24) is 4.98 Å². The van der Waals surface area contributed by atoms with Crippen molar-refractivity contribution in [3.05, 3.63) is 29.0 Å². The summed E-state index contributed by atoms with van der Waals surface area (Å²) in [5.74, 6) is -3.09. The summed E-state index contributed by atoms with van der Waals surface area (Å²) in [7, 11) is 0. The van der Waals surface area contributed by atoms with Crippen LogP contribution in [0, 0.1) is 6.20 Å². The highest BCUT2D eigenvalue weighted by molar-refractivity contribution is 6.29. The van der Waals surface area contributed by atoms with Crippen LogP contribution in [0.3, 0.4) is 0 Å². The molecule has 16 heavy (non-hydrogen) atoms. The van der Waals surface area contributed by atoms with Gasteiger partial charge in [-0.05, 0) is 12.1 Å². The zero-order valence-corrected chi connectivity index (χ0v) is 8.39. The molecule has 0 aliphatic rings. The lowest BCUT2D eigenvalue weighted by molar-refractivity contribution is -0.170. The van der Waals surface area contributed by atoms with E-state index in [-0.39, 0.29) is 10.7 Å². The van der Waals surface area contributed by atoms with Gasteiger partial charge < -0.3 is 0 Å². The lowest BCUT2D eigenvalue weighted by Gasteiger charge is -2.03. The zero-order valence-electron chi connectivity index (χ0n) is 7.64. The van der Waals surface area contributed by atoms with Crippen LogP contribution in [0.25, 0.3) is 0 Å². The van der Waals surface area contributed by atoms with Crippen LogP contribution in [0.2, 0.25) is 5.15 Å². The fourth-order valence-corrected chi connectivity index (χ4v) is 0.942. The number of hydrogen-bond donors (Lipinski definition) is 0. The van der Waals surface area contributed by atoms with Gasteiger partial charge in [0.25, 0.3) is 0 Å². The first-order valence-corrected chi connectivity index (χ1v) is 4.36. The third-order valence-electron chi connectivity index (χ3n) is 1.61. The van der Waals surface area contributed by atoms with Crippen molar-refractivity contribution in [3.63, 3.8) is 0 Å². The molecule has 0 N–H and O–H groups in total. The molecule has 1 rings (SSSR count). The molecule has 0 saturated heterocycles. The quantitative estimate of drug-likeness (QED) is 0.470. The normalized spacial score (nSPS) is 11.2. The van der Waals surface area contributed by atoms with Crippen LogP contribution >= 0.6 is 11.6 Å². The maximum absolute atomic E-state index is 11.8. The summed E-state index contributed by atoms with van der Waals surface area (Å²) < 4.78 is 35.5. The number of carbonyl (C=O) groups excluding carboxylic acids is 2. The fraction of sp³-hybridized carbons (Fsp3) is 0.222. The predicted molar refractivity (Wildman–Crippen MR) is 48.1 cm³/mol. The monoisotopic (exact) mass is 250 g/mol. The Kier molecular flexibility index (Phi) is 3.64. The Bertz CT molecular complexity index is 414. The molecule has 0 aliphatic heterocycles. The first kappa shape index (κ1) is 12.6. The molecule has 0 fully saturated rings. The van der Waals surface area contributed by atoms with E-state index in [0.29, 0.717) is 0 Å². The highest BCUT2D eigenvalue weighted by atomic mass is 35.5. The van der Waals surface area contributed by atoms with Crippen molar-refractivity contribution in [3.8, 4) is 0 Å². The van der Waals surface area contributed by atoms with E-state index in [1.165, 1.54) is 6.07 Å². The minimum Gasteiger partial charge on any atom is -0.294 e. The van der Waals surface area contributed by atoms with Gasteiger partial charge in [-0.3, -0.25) is 9.59 Å². The number of Topliss-reactive ketones (excluding diaryl/α,β-unsaturated/α-hetero) is 2. The minimum absolute atomic E-state index is 0.0543. The van der Waals surface area contributed by atoms with Crippen molar-refractivity contribution in [2.24, 2.45) is 0 Å². The number of pyridine rings is 1. The summed E-state index contributed by atoms with van der Waals surface area (Å²) in [5.41, 5.74) is -0.206. The van der Waals surface area contributed by atoms with E-state index in [1.807, 2.05) is 0 Å². The number of carbonyl (C=O) groups is 2. The molecule has 85 valence electrons. The van der Waals surface area contributed by atoms with Gasteiger partial charge in [-0.25, -0.2) is 4.98 Å². The van der Waals surface area contributed by atoms with Gasteiger partial charge in [-0.15, -0.1) is 0 Å². The second-order valence-electron chi connectivity index (χ2n) is 2.81. The third kappa shape index (κ3) is 3.30. The van der Waals surface area contributed by atoms with Crippen LogP contribution in [0.5, 0.6) is 0 Å². The summed E-state index contributed by atoms with van der Waals surface area (Å²) >= 11 is 5.39. The van der Waals surface area contributed by atoms with Gasteiger partial charge in [0.15, 0.2) is 5.78 Å². The Hall–Kier alpha value is -1.43. The second-order valence-corrected chi connectivity index (χ2v) is 3.20. The molecule has 1 radical (unpaired) electrons. The zero-order chi connectivity index (χ0) is 12.3. The molecule has 0 amide bonds. The summed E-state index contributed by atoms with van der Waals surface area (Å²) in [6, 6.07) is 2.38. The summed E-state index contributed by atoms with van der Waals surface area (Å²) in [4.78, 5) is 25.1. The SMILES string of the molecule is O=C(CC(=O)C(F)(F)F)c1[c]nc(Cl)cc1. The van der Waals surface area contributed by atoms with Crippen molar-refractivity contribution in [2.45, 2.75) is 12.6 Å². The average Bonchev–Trinajstić information content (AvgIpc) is 2.17. The minimum atomic E-state index is -5.00. The molecule has 7 heteroatoms. The van der Waals surface area contributed by atoms with Gasteiger partial charge in [-0.1, -0.05) is 11.6 Å². The Morgan fingerprint density at radius 1 is 1.38 bits per heavy atom. The number of nitrogens with zero attached hydrogens (tertiary/aromatic N) is 1. The maximum atomic E-state index is 11.8. The summed E-state index contributed by atoms with van der Waals surface area (Å²) in [6.45, 7) is 0. The molecule has 0 bridgehead atoms. The first-order valence-electron chi connectivity index (χ1n) is 3.98. The Morgan fingerprint density at radius 2 is 2.00 bits per heavy atom. The Balaban J connectivity index is 2.74. The van der Waals surface area contributed by atoms with E-state index < -0.39 is 24.2 Å². The smallest absolute Gasteiger partial charge is 0.294 e. The van der Waals surface area contributed by atoms with Gasteiger partial charge in [0.1, 0.15) is 11.3 Å². The molecule has 1 aromatic rings. The highest BCUT2D eigenvalue weighted by Gasteiger charge is 2.39. The van der Waals surface area contributed by atoms with Gasteiger partial charge >= 0.3 is 6.18 Å². The molecule has 1 heterocycles. The van der Waals surface area contributed by atoms with Crippen LogP contribution in [-0.2, 0) is 4.79 Å². The van der Waals surface area contributed by atoms with Gasteiger partial charge in [-0.2, -0.15) is 13.2 Å². The van der Waals surface area contributed by atoms with Crippen LogP contribution in [0.1, 0.15) is 16.8 Å². The molecule has 0 aliphatic carbocycles. The molecule has 0 spiro atoms. The van der Waals surface area contributed by atoms with Crippen LogP contribution < -0.4 is 0 Å². The van der Waals surface area contributed by atoms with Gasteiger partial charge in [0, 0.05) is 5.56 Å². The van der Waals surface area contributed by atoms with Crippen molar-refractivity contribution < 1.29 is 22.8 Å². The first-order chi connectivity index (χ1) is 7.30. The van der Waals surface area contributed by atoms with E-state index >= 15 is 0 Å². The molecule has 3 nitrogen and oxygen atoms in total. The number of ketones is 2. The number of aromatic nitrogens is 1. The molecule has 0 unspecified atom stereocenters. The lowest BCUT2D eigenvalue weighted by Crippen LogP contribution is -2.25. The predicted octanol–water partition coefficient (Wildman–Crippen LogP) is 2.24. The van der Waals surface area contributed by atoms with Crippen LogP contribution in [0.15, 0.2) is 12.1 Å². The van der Waals surface area contributed by atoms with Crippen molar-refractivity contribution in [2.75, 3.05) is 0 Å². The number of hydrogen-bond acceptors (Lipinski definition) is 3. The number of halogens is 4. The summed E-state index contributed by atoms with van der Waals surface area (Å²) in [6.07, 6.45) is -4.11.